The van der Waals surface area contributed by atoms with Crippen LogP contribution < -0.4 is 10.6 Å². The molecule has 0 radical (unpaired) electrons. The molecule has 0 saturated carbocycles. The van der Waals surface area contributed by atoms with Crippen LogP contribution in [0.4, 0.5) is 10.6 Å². The monoisotopic (exact) mass is 365 g/mol. The van der Waals surface area contributed by atoms with Crippen LogP contribution in [0.3, 0.4) is 0 Å². The molecule has 0 aliphatic carbocycles. The fourth-order valence-electron chi connectivity index (χ4n) is 3.50. The predicted octanol–water partition coefficient (Wildman–Crippen LogP) is 2.54. The number of anilines is 1. The zero-order chi connectivity index (χ0) is 19.0. The number of aromatic amines is 1. The number of aryl methyl sites for hydroxylation is 1. The highest BCUT2D eigenvalue weighted by molar-refractivity contribution is 5.95. The van der Waals surface area contributed by atoms with Gasteiger partial charge in [-0.1, -0.05) is 0 Å². The van der Waals surface area contributed by atoms with E-state index >= 15 is 0 Å². The molecular weight excluding hydrogens is 342 g/mol. The third-order valence-corrected chi connectivity index (χ3v) is 5.25. The molecule has 8 nitrogen and oxygen atoms in total. The summed E-state index contributed by atoms with van der Waals surface area (Å²) >= 11 is 0. The Bertz CT molecular complexity index is 983. The molecule has 0 aromatic carbocycles. The topological polar surface area (TPSA) is 98.8 Å². The van der Waals surface area contributed by atoms with Gasteiger partial charge >= 0.3 is 6.03 Å². The second kappa shape index (κ2) is 6.96. The van der Waals surface area contributed by atoms with Crippen LogP contribution in [0.25, 0.3) is 22.2 Å². The standard InChI is InChI=1S/C19H23N7O/c1-11-8-13(4-6-20-11)18-14-10-21-17(9-16(14)24-25-18)23-19(27)22-15-5-7-26(3)12(15)2/h4,6,8-10,12,15H,5,7H2,1-3H3,(H,24,25)(H2,21,22,23,27). The molecule has 3 N–H and O–H groups in total. The highest BCUT2D eigenvalue weighted by Crippen LogP contribution is 2.27. The molecule has 140 valence electrons. The SMILES string of the molecule is Cc1cc(-c2n[nH]c3cc(NC(=O)NC4CCN(C)C4C)ncc23)ccn1. The van der Waals surface area contributed by atoms with E-state index in [2.05, 4.69) is 49.7 Å². The average Bonchev–Trinajstić information content (AvgIpc) is 3.20. The first-order chi connectivity index (χ1) is 13.0. The first-order valence-electron chi connectivity index (χ1n) is 9.06. The molecule has 4 rings (SSSR count). The molecule has 2 unspecified atom stereocenters. The number of carbonyl (C=O) groups is 1. The summed E-state index contributed by atoms with van der Waals surface area (Å²) in [6, 6.07) is 5.93. The second-order valence-electron chi connectivity index (χ2n) is 7.09. The number of rotatable bonds is 3. The van der Waals surface area contributed by atoms with Gasteiger partial charge in [-0.2, -0.15) is 5.10 Å². The number of likely N-dealkylation sites (N-methyl/N-ethyl adjacent to an activating group) is 1. The molecular formula is C19H23N7O. The van der Waals surface area contributed by atoms with Gasteiger partial charge in [0.15, 0.2) is 0 Å². The number of hydrogen-bond acceptors (Lipinski definition) is 5. The van der Waals surface area contributed by atoms with Crippen LogP contribution in [0.5, 0.6) is 0 Å². The van der Waals surface area contributed by atoms with Crippen LogP contribution in [0.15, 0.2) is 30.6 Å². The number of fused-ring (bicyclic) bond motifs is 1. The molecule has 1 aliphatic heterocycles. The summed E-state index contributed by atoms with van der Waals surface area (Å²) in [6.45, 7) is 5.05. The maximum Gasteiger partial charge on any atom is 0.320 e. The lowest BCUT2D eigenvalue weighted by Gasteiger charge is -2.21. The summed E-state index contributed by atoms with van der Waals surface area (Å²) in [6.07, 6.45) is 4.44. The Labute approximate surface area is 157 Å². The van der Waals surface area contributed by atoms with Crippen LogP contribution >= 0.6 is 0 Å². The van der Waals surface area contributed by atoms with Gasteiger partial charge in [0.1, 0.15) is 11.5 Å². The Hall–Kier alpha value is -3.00. The third kappa shape index (κ3) is 3.48. The number of carbonyl (C=O) groups excluding carboxylic acids is 1. The smallest absolute Gasteiger partial charge is 0.320 e. The van der Waals surface area contributed by atoms with E-state index in [1.54, 1.807) is 18.5 Å². The fourth-order valence-corrected chi connectivity index (χ4v) is 3.50. The first-order valence-corrected chi connectivity index (χ1v) is 9.06. The molecule has 3 aromatic heterocycles. The van der Waals surface area contributed by atoms with Gasteiger partial charge in [-0.25, -0.2) is 9.78 Å². The number of nitrogens with one attached hydrogen (secondary N) is 3. The van der Waals surface area contributed by atoms with Crippen molar-refractivity contribution in [2.45, 2.75) is 32.4 Å². The van der Waals surface area contributed by atoms with E-state index in [-0.39, 0.29) is 12.1 Å². The van der Waals surface area contributed by atoms with Gasteiger partial charge in [-0.15, -0.1) is 0 Å². The lowest BCUT2D eigenvalue weighted by atomic mass is 10.1. The number of nitrogens with zero attached hydrogens (tertiary/aromatic N) is 4. The molecule has 4 heterocycles. The molecule has 1 fully saturated rings. The van der Waals surface area contributed by atoms with Gasteiger partial charge < -0.3 is 10.2 Å². The zero-order valence-corrected chi connectivity index (χ0v) is 15.7. The lowest BCUT2D eigenvalue weighted by Crippen LogP contribution is -2.44. The minimum absolute atomic E-state index is 0.146. The summed E-state index contributed by atoms with van der Waals surface area (Å²) in [5.41, 5.74) is 3.55. The van der Waals surface area contributed by atoms with Crippen molar-refractivity contribution >= 4 is 22.8 Å². The number of pyridine rings is 2. The van der Waals surface area contributed by atoms with E-state index < -0.39 is 0 Å². The van der Waals surface area contributed by atoms with Crippen molar-refractivity contribution < 1.29 is 4.79 Å². The maximum absolute atomic E-state index is 12.3. The van der Waals surface area contributed by atoms with Crippen molar-refractivity contribution in [1.82, 2.24) is 30.4 Å². The Morgan fingerprint density at radius 2 is 2.19 bits per heavy atom. The summed E-state index contributed by atoms with van der Waals surface area (Å²) in [4.78, 5) is 23.1. The number of H-pyrrole nitrogens is 1. The van der Waals surface area contributed by atoms with Gasteiger partial charge in [0, 0.05) is 53.7 Å². The van der Waals surface area contributed by atoms with Gasteiger partial charge in [-0.3, -0.25) is 15.4 Å². The Kier molecular flexibility index (Phi) is 4.49. The maximum atomic E-state index is 12.3. The van der Waals surface area contributed by atoms with E-state index in [1.807, 2.05) is 19.1 Å². The summed E-state index contributed by atoms with van der Waals surface area (Å²) in [7, 11) is 2.07. The van der Waals surface area contributed by atoms with Crippen LogP contribution in [0, 0.1) is 6.92 Å². The van der Waals surface area contributed by atoms with Gasteiger partial charge in [0.2, 0.25) is 0 Å². The van der Waals surface area contributed by atoms with Crippen molar-refractivity contribution in [3.8, 4) is 11.3 Å². The van der Waals surface area contributed by atoms with Crippen molar-refractivity contribution in [2.75, 3.05) is 18.9 Å². The lowest BCUT2D eigenvalue weighted by molar-refractivity contribution is 0.242. The van der Waals surface area contributed by atoms with Crippen LogP contribution in [-0.2, 0) is 0 Å². The van der Waals surface area contributed by atoms with Crippen LogP contribution in [0.1, 0.15) is 19.0 Å². The van der Waals surface area contributed by atoms with Crippen molar-refractivity contribution in [3.63, 3.8) is 0 Å². The van der Waals surface area contributed by atoms with Gasteiger partial charge in [-0.05, 0) is 39.4 Å². The molecule has 0 bridgehead atoms. The fraction of sp³-hybridized carbons (Fsp3) is 0.368. The first kappa shape index (κ1) is 17.4. The minimum atomic E-state index is -0.238. The quantitative estimate of drug-likeness (QED) is 0.662. The van der Waals surface area contributed by atoms with Crippen molar-refractivity contribution in [2.24, 2.45) is 0 Å². The Morgan fingerprint density at radius 1 is 1.33 bits per heavy atom. The Morgan fingerprint density at radius 3 is 2.93 bits per heavy atom. The van der Waals surface area contributed by atoms with E-state index in [4.69, 9.17) is 0 Å². The highest BCUT2D eigenvalue weighted by Gasteiger charge is 2.29. The zero-order valence-electron chi connectivity index (χ0n) is 15.7. The van der Waals surface area contributed by atoms with Crippen LogP contribution in [0.2, 0.25) is 0 Å². The summed E-state index contributed by atoms with van der Waals surface area (Å²) < 4.78 is 0. The average molecular weight is 365 g/mol. The normalized spacial score (nSPS) is 20.1. The van der Waals surface area contributed by atoms with E-state index in [0.29, 0.717) is 11.9 Å². The van der Waals surface area contributed by atoms with E-state index in [1.165, 1.54) is 0 Å². The molecule has 2 atom stereocenters. The van der Waals surface area contributed by atoms with Gasteiger partial charge in [0.05, 0.1) is 5.52 Å². The molecule has 8 heteroatoms. The Balaban J connectivity index is 1.50. The molecule has 0 spiro atoms. The molecule has 2 amide bonds. The van der Waals surface area contributed by atoms with Crippen molar-refractivity contribution in [3.05, 3.63) is 36.3 Å². The second-order valence-corrected chi connectivity index (χ2v) is 7.09. The number of likely N-dealkylation sites (tertiary alicyclic amines) is 1. The molecule has 1 saturated heterocycles. The van der Waals surface area contributed by atoms with Crippen molar-refractivity contribution in [1.29, 1.82) is 0 Å². The summed E-state index contributed by atoms with van der Waals surface area (Å²) in [5.74, 6) is 0.486. The molecule has 3 aromatic rings. The number of hydrogen-bond donors (Lipinski definition) is 3. The summed E-state index contributed by atoms with van der Waals surface area (Å²) in [5, 5.41) is 14.2. The predicted molar refractivity (Wildman–Crippen MR) is 105 cm³/mol. The number of urea groups is 1. The highest BCUT2D eigenvalue weighted by atomic mass is 16.2. The largest absolute Gasteiger partial charge is 0.333 e. The van der Waals surface area contributed by atoms with Crippen LogP contribution in [-0.4, -0.2) is 56.8 Å². The molecule has 27 heavy (non-hydrogen) atoms. The van der Waals surface area contributed by atoms with Gasteiger partial charge in [0.25, 0.3) is 0 Å². The van der Waals surface area contributed by atoms with E-state index in [9.17, 15) is 4.79 Å². The third-order valence-electron chi connectivity index (χ3n) is 5.25. The molecule has 1 aliphatic rings. The van der Waals surface area contributed by atoms with E-state index in [0.717, 1.165) is 40.8 Å². The number of amides is 2. The number of aromatic nitrogens is 4. The minimum Gasteiger partial charge on any atom is -0.333 e.